The van der Waals surface area contributed by atoms with Crippen LogP contribution in [0, 0.1) is 11.3 Å². The van der Waals surface area contributed by atoms with Crippen LogP contribution in [0.2, 0.25) is 0 Å². The predicted molar refractivity (Wildman–Crippen MR) is 95.5 cm³/mol. The van der Waals surface area contributed by atoms with Gasteiger partial charge in [0.05, 0.1) is 25.9 Å². The van der Waals surface area contributed by atoms with Gasteiger partial charge in [0, 0.05) is 18.7 Å². The Balaban J connectivity index is 2.85. The third-order valence-corrected chi connectivity index (χ3v) is 3.14. The van der Waals surface area contributed by atoms with Gasteiger partial charge in [-0.15, -0.1) is 0 Å². The molecular formula is C18H25N3O5. The summed E-state index contributed by atoms with van der Waals surface area (Å²) >= 11 is 0. The molecule has 1 aromatic rings. The fourth-order valence-electron chi connectivity index (χ4n) is 2.13. The molecule has 0 heterocycles. The summed E-state index contributed by atoms with van der Waals surface area (Å²) in [6, 6.07) is 4.95. The summed E-state index contributed by atoms with van der Waals surface area (Å²) in [6.07, 6.45) is -0.206. The van der Waals surface area contributed by atoms with Gasteiger partial charge in [-0.1, -0.05) is 0 Å². The number of ether oxygens (including phenoxy) is 3. The van der Waals surface area contributed by atoms with Gasteiger partial charge in [0.25, 0.3) is 5.91 Å². The molecule has 0 spiro atoms. The van der Waals surface area contributed by atoms with Crippen molar-refractivity contribution in [1.29, 1.82) is 5.26 Å². The Labute approximate surface area is 153 Å². The Hall–Kier alpha value is -2.95. The fourth-order valence-corrected chi connectivity index (χ4v) is 2.13. The maximum atomic E-state index is 12.4. The van der Waals surface area contributed by atoms with Gasteiger partial charge in [0.15, 0.2) is 11.5 Å². The number of amides is 2. The van der Waals surface area contributed by atoms with Crippen LogP contribution in [0.4, 0.5) is 0 Å². The quantitative estimate of drug-likeness (QED) is 0.579. The summed E-state index contributed by atoms with van der Waals surface area (Å²) in [7, 11) is 0. The number of benzene rings is 1. The number of nitriles is 1. The lowest BCUT2D eigenvalue weighted by Crippen LogP contribution is -2.34. The molecule has 0 radical (unpaired) electrons. The minimum atomic E-state index is -0.375. The van der Waals surface area contributed by atoms with Crippen LogP contribution < -0.4 is 24.8 Å². The maximum absolute atomic E-state index is 12.4. The number of hydrogen-bond acceptors (Lipinski definition) is 6. The Bertz CT molecular complexity index is 628. The first kappa shape index (κ1) is 21.1. The minimum absolute atomic E-state index is 0.206. The van der Waals surface area contributed by atoms with E-state index in [0.29, 0.717) is 42.6 Å². The Morgan fingerprint density at radius 3 is 2.00 bits per heavy atom. The molecule has 142 valence electrons. The Morgan fingerprint density at radius 2 is 1.50 bits per heavy atom. The lowest BCUT2D eigenvalue weighted by Gasteiger charge is -2.17. The molecule has 26 heavy (non-hydrogen) atoms. The van der Waals surface area contributed by atoms with E-state index in [1.165, 1.54) is 0 Å². The molecule has 0 aliphatic rings. The van der Waals surface area contributed by atoms with Crippen molar-refractivity contribution in [1.82, 2.24) is 10.6 Å². The molecule has 0 atom stereocenters. The van der Waals surface area contributed by atoms with Crippen LogP contribution in [-0.2, 0) is 4.79 Å². The van der Waals surface area contributed by atoms with Gasteiger partial charge in [-0.25, -0.2) is 0 Å². The van der Waals surface area contributed by atoms with E-state index in [4.69, 9.17) is 19.5 Å². The summed E-state index contributed by atoms with van der Waals surface area (Å²) in [5, 5.41) is 13.6. The molecule has 0 fully saturated rings. The van der Waals surface area contributed by atoms with E-state index in [2.05, 4.69) is 10.6 Å². The van der Waals surface area contributed by atoms with Crippen molar-refractivity contribution in [3.63, 3.8) is 0 Å². The average Bonchev–Trinajstić information content (AvgIpc) is 2.61. The van der Waals surface area contributed by atoms with Crippen LogP contribution in [0.15, 0.2) is 12.1 Å². The third-order valence-electron chi connectivity index (χ3n) is 3.14. The molecule has 0 saturated carbocycles. The molecule has 0 aliphatic heterocycles. The second-order valence-corrected chi connectivity index (χ2v) is 5.04. The van der Waals surface area contributed by atoms with Crippen LogP contribution >= 0.6 is 0 Å². The zero-order chi connectivity index (χ0) is 19.4. The number of nitrogens with zero attached hydrogens (tertiary/aromatic N) is 1. The predicted octanol–water partition coefficient (Wildman–Crippen LogP) is 1.64. The minimum Gasteiger partial charge on any atom is -0.490 e. The molecule has 0 saturated heterocycles. The number of rotatable bonds is 11. The number of carbonyl (C=O) groups excluding carboxylic acids is 2. The van der Waals surface area contributed by atoms with E-state index in [0.717, 1.165) is 0 Å². The molecule has 2 N–H and O–H groups in total. The molecule has 8 heteroatoms. The highest BCUT2D eigenvalue weighted by molar-refractivity contribution is 5.95. The zero-order valence-corrected chi connectivity index (χ0v) is 15.4. The highest BCUT2D eigenvalue weighted by atomic mass is 16.5. The van der Waals surface area contributed by atoms with Crippen molar-refractivity contribution in [3.8, 4) is 23.3 Å². The Morgan fingerprint density at radius 1 is 0.962 bits per heavy atom. The van der Waals surface area contributed by atoms with Crippen LogP contribution in [0.3, 0.4) is 0 Å². The van der Waals surface area contributed by atoms with E-state index in [-0.39, 0.29) is 31.3 Å². The van der Waals surface area contributed by atoms with E-state index in [1.54, 1.807) is 18.2 Å². The highest BCUT2D eigenvalue weighted by Crippen LogP contribution is 2.39. The van der Waals surface area contributed by atoms with E-state index < -0.39 is 0 Å². The average molecular weight is 363 g/mol. The molecular weight excluding hydrogens is 338 g/mol. The van der Waals surface area contributed by atoms with Crippen molar-refractivity contribution in [2.24, 2.45) is 0 Å². The molecule has 0 unspecified atom stereocenters. The lowest BCUT2D eigenvalue weighted by molar-refractivity contribution is -0.120. The van der Waals surface area contributed by atoms with Crippen molar-refractivity contribution in [2.75, 3.05) is 32.9 Å². The molecule has 1 rings (SSSR count). The van der Waals surface area contributed by atoms with Crippen molar-refractivity contribution < 1.29 is 23.8 Å². The molecule has 2 amide bonds. The maximum Gasteiger partial charge on any atom is 0.251 e. The first-order valence-corrected chi connectivity index (χ1v) is 8.55. The first-order valence-electron chi connectivity index (χ1n) is 8.55. The smallest absolute Gasteiger partial charge is 0.251 e. The van der Waals surface area contributed by atoms with Gasteiger partial charge >= 0.3 is 0 Å². The molecule has 1 aromatic carbocycles. The SMILES string of the molecule is CCOc1cc(C(=O)NCCNC(=O)CC#N)cc(OCC)c1OCC. The zero-order valence-electron chi connectivity index (χ0n) is 15.4. The van der Waals surface area contributed by atoms with Gasteiger partial charge < -0.3 is 24.8 Å². The first-order chi connectivity index (χ1) is 12.6. The number of hydrogen-bond donors (Lipinski definition) is 2. The van der Waals surface area contributed by atoms with Crippen LogP contribution in [-0.4, -0.2) is 44.7 Å². The van der Waals surface area contributed by atoms with E-state index in [1.807, 2.05) is 20.8 Å². The summed E-state index contributed by atoms with van der Waals surface area (Å²) in [4.78, 5) is 23.6. The highest BCUT2D eigenvalue weighted by Gasteiger charge is 2.18. The van der Waals surface area contributed by atoms with Crippen LogP contribution in [0.25, 0.3) is 0 Å². The second-order valence-electron chi connectivity index (χ2n) is 5.04. The normalized spacial score (nSPS) is 9.77. The lowest BCUT2D eigenvalue weighted by atomic mass is 10.1. The summed E-state index contributed by atoms with van der Waals surface area (Å²) in [5.41, 5.74) is 0.365. The summed E-state index contributed by atoms with van der Waals surface area (Å²) in [6.45, 7) is 7.28. The monoisotopic (exact) mass is 363 g/mol. The Kier molecular flexibility index (Phi) is 9.39. The molecule has 0 aliphatic carbocycles. The third kappa shape index (κ3) is 6.51. The summed E-state index contributed by atoms with van der Waals surface area (Å²) in [5.74, 6) is 0.640. The largest absolute Gasteiger partial charge is 0.490 e. The van der Waals surface area contributed by atoms with Gasteiger partial charge in [0.2, 0.25) is 11.7 Å². The number of carbonyl (C=O) groups is 2. The fraction of sp³-hybridized carbons (Fsp3) is 0.500. The molecule has 0 bridgehead atoms. The van der Waals surface area contributed by atoms with Crippen molar-refractivity contribution >= 4 is 11.8 Å². The molecule has 0 aromatic heterocycles. The van der Waals surface area contributed by atoms with Crippen LogP contribution in [0.5, 0.6) is 17.2 Å². The topological polar surface area (TPSA) is 110 Å². The van der Waals surface area contributed by atoms with Gasteiger partial charge in [0.1, 0.15) is 6.42 Å². The summed E-state index contributed by atoms with van der Waals surface area (Å²) < 4.78 is 16.8. The van der Waals surface area contributed by atoms with Gasteiger partial charge in [-0.2, -0.15) is 5.26 Å². The van der Waals surface area contributed by atoms with Gasteiger partial charge in [-0.3, -0.25) is 9.59 Å². The standard InChI is InChI=1S/C18H25N3O5/c1-4-24-14-11-13(12-15(25-5-2)17(14)26-6-3)18(23)21-10-9-20-16(22)7-8-19/h11-12H,4-7,9-10H2,1-3H3,(H,20,22)(H,21,23). The van der Waals surface area contributed by atoms with E-state index in [9.17, 15) is 9.59 Å². The second kappa shape index (κ2) is 11.6. The van der Waals surface area contributed by atoms with Crippen molar-refractivity contribution in [3.05, 3.63) is 17.7 Å². The van der Waals surface area contributed by atoms with Crippen molar-refractivity contribution in [2.45, 2.75) is 27.2 Å². The molecule has 8 nitrogen and oxygen atoms in total. The van der Waals surface area contributed by atoms with E-state index >= 15 is 0 Å². The van der Waals surface area contributed by atoms with Crippen LogP contribution in [0.1, 0.15) is 37.6 Å². The number of nitrogens with one attached hydrogen (secondary N) is 2. The van der Waals surface area contributed by atoms with Gasteiger partial charge in [-0.05, 0) is 32.9 Å².